The lowest BCUT2D eigenvalue weighted by molar-refractivity contribution is -0.134. The van der Waals surface area contributed by atoms with Crippen LogP contribution in [0.2, 0.25) is 0 Å². The number of nitrogens with one attached hydrogen (secondary N) is 1. The van der Waals surface area contributed by atoms with E-state index in [4.69, 9.17) is 9.72 Å². The van der Waals surface area contributed by atoms with Gasteiger partial charge in [0.15, 0.2) is 6.61 Å². The van der Waals surface area contributed by atoms with Crippen LogP contribution in [0.25, 0.3) is 11.0 Å². The second-order valence-electron chi connectivity index (χ2n) is 11.5. The van der Waals surface area contributed by atoms with Crippen molar-refractivity contribution in [3.63, 3.8) is 0 Å². The molecule has 42 heavy (non-hydrogen) atoms. The molecule has 2 aliphatic heterocycles. The number of benzene rings is 3. The van der Waals surface area contributed by atoms with Crippen LogP contribution >= 0.6 is 0 Å². The molecule has 0 saturated carbocycles. The summed E-state index contributed by atoms with van der Waals surface area (Å²) in [5.41, 5.74) is 4.36. The molecule has 4 aromatic rings. The van der Waals surface area contributed by atoms with Gasteiger partial charge in [0.2, 0.25) is 5.95 Å². The molecular weight excluding hydrogens is 529 g/mol. The maximum absolute atomic E-state index is 13.5. The second kappa shape index (κ2) is 13.4. The number of hydrogen-bond donors (Lipinski definition) is 1. The predicted molar refractivity (Wildman–Crippen MR) is 164 cm³/mol. The number of ether oxygens (including phenoxy) is 1. The van der Waals surface area contributed by atoms with Gasteiger partial charge >= 0.3 is 0 Å². The van der Waals surface area contributed by atoms with Crippen LogP contribution in [0.5, 0.6) is 5.75 Å². The smallest absolute Gasteiger partial charge is 0.260 e. The zero-order valence-electron chi connectivity index (χ0n) is 24.2. The molecule has 0 spiro atoms. The summed E-state index contributed by atoms with van der Waals surface area (Å²) < 4.78 is 21.4. The van der Waals surface area contributed by atoms with Crippen LogP contribution in [0.15, 0.2) is 72.8 Å². The Hall–Kier alpha value is -3.91. The number of piperidine rings is 2. The van der Waals surface area contributed by atoms with Crippen LogP contribution in [0.3, 0.4) is 0 Å². The first-order valence-electron chi connectivity index (χ1n) is 15.3. The standard InChI is InChI=1S/C34H40FN5O2/c35-28-12-8-27(9-13-28)24-40-32-7-3-2-6-31(32)37-34(40)36-29-17-22-38(23-18-29)21-16-26-10-14-30(15-11-26)42-25-33(41)39-19-4-1-5-20-39/h2-3,6-15,29H,1,4-5,16-25H2,(H,36,37). The van der Waals surface area contributed by atoms with E-state index in [-0.39, 0.29) is 18.3 Å². The van der Waals surface area contributed by atoms with Crippen LogP contribution in [-0.4, -0.2) is 70.6 Å². The molecule has 6 rings (SSSR count). The average Bonchev–Trinajstić information content (AvgIpc) is 3.38. The first-order chi connectivity index (χ1) is 20.6. The Morgan fingerprint density at radius 2 is 1.60 bits per heavy atom. The number of rotatable bonds is 10. The van der Waals surface area contributed by atoms with Crippen molar-refractivity contribution in [3.8, 4) is 5.75 Å². The van der Waals surface area contributed by atoms with Gasteiger partial charge < -0.3 is 24.4 Å². The van der Waals surface area contributed by atoms with E-state index in [9.17, 15) is 9.18 Å². The van der Waals surface area contributed by atoms with Crippen LogP contribution in [-0.2, 0) is 17.8 Å². The van der Waals surface area contributed by atoms with Gasteiger partial charge in [-0.3, -0.25) is 4.79 Å². The van der Waals surface area contributed by atoms with Gasteiger partial charge in [-0.1, -0.05) is 36.4 Å². The number of carbonyl (C=O) groups is 1. The highest BCUT2D eigenvalue weighted by Crippen LogP contribution is 2.24. The Labute approximate surface area is 247 Å². The minimum Gasteiger partial charge on any atom is -0.484 e. The van der Waals surface area contributed by atoms with Crippen LogP contribution in [0, 0.1) is 5.82 Å². The first-order valence-corrected chi connectivity index (χ1v) is 15.3. The van der Waals surface area contributed by atoms with Gasteiger partial charge in [0.05, 0.1) is 17.6 Å². The van der Waals surface area contributed by atoms with Gasteiger partial charge in [-0.25, -0.2) is 9.37 Å². The van der Waals surface area contributed by atoms with Gasteiger partial charge in [-0.2, -0.15) is 0 Å². The molecule has 7 nitrogen and oxygen atoms in total. The number of amides is 1. The summed E-state index contributed by atoms with van der Waals surface area (Å²) in [7, 11) is 0. The SMILES string of the molecule is O=C(COc1ccc(CCN2CCC(Nc3nc4ccccc4n3Cc3ccc(F)cc3)CC2)cc1)N1CCCCC1. The molecule has 3 heterocycles. The summed E-state index contributed by atoms with van der Waals surface area (Å²) in [6.45, 7) is 5.56. The zero-order valence-corrected chi connectivity index (χ0v) is 24.2. The number of fused-ring (bicyclic) bond motifs is 1. The normalized spacial score (nSPS) is 16.5. The molecule has 1 amide bonds. The highest BCUT2D eigenvalue weighted by atomic mass is 19.1. The number of likely N-dealkylation sites (tertiary alicyclic amines) is 2. The lowest BCUT2D eigenvalue weighted by Crippen LogP contribution is -2.40. The van der Waals surface area contributed by atoms with Crippen molar-refractivity contribution < 1.29 is 13.9 Å². The van der Waals surface area contributed by atoms with Crippen LogP contribution in [0.4, 0.5) is 10.3 Å². The molecule has 2 fully saturated rings. The third kappa shape index (κ3) is 7.10. The summed E-state index contributed by atoms with van der Waals surface area (Å²) in [5, 5.41) is 3.72. The number of anilines is 1. The summed E-state index contributed by atoms with van der Waals surface area (Å²) >= 11 is 0. The predicted octanol–water partition coefficient (Wildman–Crippen LogP) is 5.73. The van der Waals surface area contributed by atoms with Crippen molar-refractivity contribution in [1.29, 1.82) is 0 Å². The Morgan fingerprint density at radius 1 is 0.881 bits per heavy atom. The molecule has 220 valence electrons. The minimum absolute atomic E-state index is 0.0850. The van der Waals surface area contributed by atoms with E-state index in [1.165, 1.54) is 24.1 Å². The molecule has 0 bridgehead atoms. The van der Waals surface area contributed by atoms with Gasteiger partial charge in [0.1, 0.15) is 11.6 Å². The van der Waals surface area contributed by atoms with Crippen molar-refractivity contribution in [3.05, 3.63) is 89.7 Å². The fourth-order valence-electron chi connectivity index (χ4n) is 6.02. The molecule has 1 N–H and O–H groups in total. The number of nitrogens with zero attached hydrogens (tertiary/aromatic N) is 4. The Kier molecular flexibility index (Phi) is 8.99. The summed E-state index contributed by atoms with van der Waals surface area (Å²) in [6.07, 6.45) is 6.49. The molecule has 0 unspecified atom stereocenters. The monoisotopic (exact) mass is 569 g/mol. The molecule has 3 aromatic carbocycles. The number of para-hydroxylation sites is 2. The van der Waals surface area contributed by atoms with E-state index in [1.54, 1.807) is 0 Å². The Bertz CT molecular complexity index is 1460. The van der Waals surface area contributed by atoms with E-state index in [2.05, 4.69) is 33.0 Å². The lowest BCUT2D eigenvalue weighted by atomic mass is 10.0. The van der Waals surface area contributed by atoms with Crippen molar-refractivity contribution in [2.24, 2.45) is 0 Å². The van der Waals surface area contributed by atoms with Gasteiger partial charge in [-0.05, 0) is 86.1 Å². The topological polar surface area (TPSA) is 62.6 Å². The largest absolute Gasteiger partial charge is 0.484 e. The molecule has 8 heteroatoms. The molecule has 0 atom stereocenters. The second-order valence-corrected chi connectivity index (χ2v) is 11.5. The molecule has 1 aromatic heterocycles. The van der Waals surface area contributed by atoms with E-state index in [0.717, 1.165) is 93.1 Å². The quantitative estimate of drug-likeness (QED) is 0.264. The maximum Gasteiger partial charge on any atom is 0.260 e. The fraction of sp³-hybridized carbons (Fsp3) is 0.412. The zero-order chi connectivity index (χ0) is 28.7. The summed E-state index contributed by atoms with van der Waals surface area (Å²) in [4.78, 5) is 21.7. The van der Waals surface area contributed by atoms with Gasteiger partial charge in [-0.15, -0.1) is 0 Å². The Morgan fingerprint density at radius 3 is 2.36 bits per heavy atom. The van der Waals surface area contributed by atoms with Gasteiger partial charge in [0.25, 0.3) is 5.91 Å². The van der Waals surface area contributed by atoms with Crippen molar-refractivity contribution in [2.45, 2.75) is 51.1 Å². The first kappa shape index (κ1) is 28.2. The molecule has 2 saturated heterocycles. The number of aromatic nitrogens is 2. The maximum atomic E-state index is 13.5. The van der Waals surface area contributed by atoms with Crippen LogP contribution in [0.1, 0.15) is 43.2 Å². The van der Waals surface area contributed by atoms with Crippen LogP contribution < -0.4 is 10.1 Å². The highest BCUT2D eigenvalue weighted by molar-refractivity contribution is 5.79. The minimum atomic E-state index is -0.221. The third-order valence-electron chi connectivity index (χ3n) is 8.54. The van der Waals surface area contributed by atoms with E-state index < -0.39 is 0 Å². The molecule has 0 radical (unpaired) electrons. The number of hydrogen-bond acceptors (Lipinski definition) is 5. The van der Waals surface area contributed by atoms with Gasteiger partial charge in [0, 0.05) is 38.8 Å². The molecular formula is C34H40FN5O2. The highest BCUT2D eigenvalue weighted by Gasteiger charge is 2.22. The summed E-state index contributed by atoms with van der Waals surface area (Å²) in [6, 6.07) is 23.4. The van der Waals surface area contributed by atoms with Crippen molar-refractivity contribution >= 4 is 22.9 Å². The Balaban J connectivity index is 0.974. The van der Waals surface area contributed by atoms with E-state index in [1.807, 2.05) is 47.4 Å². The molecule has 0 aliphatic carbocycles. The number of halogens is 1. The average molecular weight is 570 g/mol. The number of carbonyl (C=O) groups excluding carboxylic acids is 1. The fourth-order valence-corrected chi connectivity index (χ4v) is 6.02. The van der Waals surface area contributed by atoms with Crippen molar-refractivity contribution in [2.75, 3.05) is 44.6 Å². The lowest BCUT2D eigenvalue weighted by Gasteiger charge is -2.32. The molecule has 2 aliphatic rings. The number of imidazole rings is 1. The van der Waals surface area contributed by atoms with E-state index >= 15 is 0 Å². The van der Waals surface area contributed by atoms with Crippen molar-refractivity contribution in [1.82, 2.24) is 19.4 Å². The third-order valence-corrected chi connectivity index (χ3v) is 8.54. The van der Waals surface area contributed by atoms with E-state index in [0.29, 0.717) is 12.6 Å². The summed E-state index contributed by atoms with van der Waals surface area (Å²) in [5.74, 6) is 1.49.